The van der Waals surface area contributed by atoms with Crippen molar-refractivity contribution in [2.24, 2.45) is 5.73 Å². The number of primary amides is 1. The molecule has 4 aromatic rings. The first-order valence-electron chi connectivity index (χ1n) is 10.2. The highest BCUT2D eigenvalue weighted by molar-refractivity contribution is 6.03. The Balaban J connectivity index is 1.56. The van der Waals surface area contributed by atoms with E-state index in [4.69, 9.17) is 16.2 Å². The third kappa shape index (κ3) is 4.40. The van der Waals surface area contributed by atoms with Crippen molar-refractivity contribution < 1.29 is 14.3 Å². The molecule has 0 aliphatic carbocycles. The zero-order valence-electron chi connectivity index (χ0n) is 18.0. The minimum atomic E-state index is -0.655. The van der Waals surface area contributed by atoms with Crippen molar-refractivity contribution >= 4 is 17.6 Å². The van der Waals surface area contributed by atoms with Crippen molar-refractivity contribution in [2.45, 2.75) is 6.54 Å². The summed E-state index contributed by atoms with van der Waals surface area (Å²) in [5.74, 6) is -0.201. The average molecular weight is 441 g/mol. The zero-order valence-corrected chi connectivity index (χ0v) is 18.0. The number of aromatic nitrogens is 2. The lowest BCUT2D eigenvalue weighted by Gasteiger charge is -2.09. The van der Waals surface area contributed by atoms with Gasteiger partial charge in [0, 0.05) is 12.1 Å². The Morgan fingerprint density at radius 2 is 1.64 bits per heavy atom. The number of amides is 2. The van der Waals surface area contributed by atoms with E-state index in [1.165, 1.54) is 11.8 Å². The number of carbonyl (C=O) groups is 2. The summed E-state index contributed by atoms with van der Waals surface area (Å²) >= 11 is 0. The summed E-state index contributed by atoms with van der Waals surface area (Å²) < 4.78 is 6.74. The van der Waals surface area contributed by atoms with Crippen molar-refractivity contribution in [3.63, 3.8) is 0 Å². The van der Waals surface area contributed by atoms with Crippen LogP contribution in [0.4, 0.5) is 5.82 Å². The first-order chi connectivity index (χ1) is 16.0. The summed E-state index contributed by atoms with van der Waals surface area (Å²) in [4.78, 5) is 24.6. The van der Waals surface area contributed by atoms with Gasteiger partial charge in [-0.1, -0.05) is 54.6 Å². The molecule has 8 heteroatoms. The number of hydrogen-bond donors (Lipinski definition) is 3. The number of para-hydroxylation sites is 2. The number of nitrogens with one attached hydrogen (secondary N) is 1. The molecule has 1 heterocycles. The number of benzene rings is 3. The monoisotopic (exact) mass is 441 g/mol. The standard InChI is InChI=1S/C25H23N5O3/c1-33-20-10-6-5-9-19(20)25(32)28-15-16-11-13-17(14-12-16)22-21(24(27)31)23(26)30(29-22)18-7-3-2-4-8-18/h2-14H,15,26H2,1H3,(H2,27,31)(H,28,32). The molecule has 8 nitrogen and oxygen atoms in total. The van der Waals surface area contributed by atoms with Crippen LogP contribution in [0.25, 0.3) is 16.9 Å². The van der Waals surface area contributed by atoms with Gasteiger partial charge in [-0.05, 0) is 29.8 Å². The van der Waals surface area contributed by atoms with E-state index >= 15 is 0 Å². The van der Waals surface area contributed by atoms with Crippen molar-refractivity contribution in [2.75, 3.05) is 12.8 Å². The number of methoxy groups -OCH3 is 1. The van der Waals surface area contributed by atoms with Crippen LogP contribution >= 0.6 is 0 Å². The molecule has 166 valence electrons. The van der Waals surface area contributed by atoms with Gasteiger partial charge in [0.25, 0.3) is 11.8 Å². The lowest BCUT2D eigenvalue weighted by Crippen LogP contribution is -2.23. The first-order valence-corrected chi connectivity index (χ1v) is 10.2. The van der Waals surface area contributed by atoms with Crippen LogP contribution in [0.3, 0.4) is 0 Å². The van der Waals surface area contributed by atoms with Crippen LogP contribution in [0.2, 0.25) is 0 Å². The van der Waals surface area contributed by atoms with E-state index in [1.54, 1.807) is 24.3 Å². The molecule has 0 atom stereocenters. The molecule has 4 rings (SSSR count). The van der Waals surface area contributed by atoms with Gasteiger partial charge < -0.3 is 21.5 Å². The van der Waals surface area contributed by atoms with Crippen molar-refractivity contribution in [1.82, 2.24) is 15.1 Å². The molecule has 0 aliphatic rings. The quantitative estimate of drug-likeness (QED) is 0.406. The third-order valence-electron chi connectivity index (χ3n) is 5.20. The van der Waals surface area contributed by atoms with E-state index in [1.807, 2.05) is 54.6 Å². The van der Waals surface area contributed by atoms with Gasteiger partial charge in [-0.2, -0.15) is 5.10 Å². The lowest BCUT2D eigenvalue weighted by atomic mass is 10.0. The SMILES string of the molecule is COc1ccccc1C(=O)NCc1ccc(-c2nn(-c3ccccc3)c(N)c2C(N)=O)cc1. The van der Waals surface area contributed by atoms with E-state index in [0.717, 1.165) is 11.3 Å². The normalized spacial score (nSPS) is 10.6. The molecule has 0 radical (unpaired) electrons. The number of nitrogens with zero attached hydrogens (tertiary/aromatic N) is 2. The summed E-state index contributed by atoms with van der Waals surface area (Å²) in [6.45, 7) is 0.320. The Bertz CT molecular complexity index is 1300. The Hall–Kier alpha value is -4.59. The smallest absolute Gasteiger partial charge is 0.255 e. The number of hydrogen-bond acceptors (Lipinski definition) is 5. The average Bonchev–Trinajstić information content (AvgIpc) is 3.20. The molecule has 0 unspecified atom stereocenters. The molecule has 0 bridgehead atoms. The van der Waals surface area contributed by atoms with Gasteiger partial charge in [0.15, 0.2) is 0 Å². The fourth-order valence-corrected chi connectivity index (χ4v) is 3.53. The molecule has 1 aromatic heterocycles. The predicted molar refractivity (Wildman–Crippen MR) is 126 cm³/mol. The molecule has 33 heavy (non-hydrogen) atoms. The molecular weight excluding hydrogens is 418 g/mol. The highest BCUT2D eigenvalue weighted by Crippen LogP contribution is 2.29. The van der Waals surface area contributed by atoms with Crippen LogP contribution < -0.4 is 21.5 Å². The fraction of sp³-hybridized carbons (Fsp3) is 0.0800. The van der Waals surface area contributed by atoms with Crippen LogP contribution in [0.5, 0.6) is 5.75 Å². The van der Waals surface area contributed by atoms with Crippen molar-refractivity contribution in [3.05, 3.63) is 95.6 Å². The number of carbonyl (C=O) groups excluding carboxylic acids is 2. The lowest BCUT2D eigenvalue weighted by molar-refractivity contribution is 0.0946. The summed E-state index contributed by atoms with van der Waals surface area (Å²) in [7, 11) is 1.52. The van der Waals surface area contributed by atoms with E-state index in [0.29, 0.717) is 29.1 Å². The largest absolute Gasteiger partial charge is 0.496 e. The van der Waals surface area contributed by atoms with Crippen LogP contribution in [0.1, 0.15) is 26.3 Å². The Morgan fingerprint density at radius 1 is 0.970 bits per heavy atom. The summed E-state index contributed by atoms with van der Waals surface area (Å²) in [5, 5.41) is 7.42. The molecule has 0 spiro atoms. The number of nitrogen functional groups attached to an aromatic ring is 1. The maximum absolute atomic E-state index is 12.5. The van der Waals surface area contributed by atoms with Crippen LogP contribution in [-0.4, -0.2) is 28.7 Å². The number of nitrogens with two attached hydrogens (primary N) is 2. The molecule has 0 saturated heterocycles. The van der Waals surface area contributed by atoms with Crippen LogP contribution in [-0.2, 0) is 6.54 Å². The molecule has 0 saturated carbocycles. The maximum Gasteiger partial charge on any atom is 0.255 e. The van der Waals surface area contributed by atoms with E-state index in [9.17, 15) is 9.59 Å². The highest BCUT2D eigenvalue weighted by atomic mass is 16.5. The second-order valence-electron chi connectivity index (χ2n) is 7.30. The molecular formula is C25H23N5O3. The van der Waals surface area contributed by atoms with Gasteiger partial charge in [-0.3, -0.25) is 9.59 Å². The van der Waals surface area contributed by atoms with Crippen molar-refractivity contribution in [1.29, 1.82) is 0 Å². The van der Waals surface area contributed by atoms with Crippen LogP contribution in [0.15, 0.2) is 78.9 Å². The Labute approximate surface area is 190 Å². The minimum Gasteiger partial charge on any atom is -0.496 e. The number of anilines is 1. The van der Waals surface area contributed by atoms with E-state index in [-0.39, 0.29) is 17.3 Å². The third-order valence-corrected chi connectivity index (χ3v) is 5.20. The van der Waals surface area contributed by atoms with Gasteiger partial charge in [0.1, 0.15) is 22.8 Å². The van der Waals surface area contributed by atoms with Crippen molar-refractivity contribution in [3.8, 4) is 22.7 Å². The molecule has 5 N–H and O–H groups in total. The predicted octanol–water partition coefficient (Wildman–Crippen LogP) is 3.16. The number of ether oxygens (including phenoxy) is 1. The fourth-order valence-electron chi connectivity index (χ4n) is 3.53. The van der Waals surface area contributed by atoms with Gasteiger partial charge >= 0.3 is 0 Å². The highest BCUT2D eigenvalue weighted by Gasteiger charge is 2.22. The molecule has 0 fully saturated rings. The van der Waals surface area contributed by atoms with E-state index < -0.39 is 5.91 Å². The Kier molecular flexibility index (Phi) is 6.08. The topological polar surface area (TPSA) is 125 Å². The van der Waals surface area contributed by atoms with E-state index in [2.05, 4.69) is 10.4 Å². The van der Waals surface area contributed by atoms with Gasteiger partial charge in [-0.25, -0.2) is 4.68 Å². The number of rotatable bonds is 7. The van der Waals surface area contributed by atoms with Crippen LogP contribution in [0, 0.1) is 0 Å². The van der Waals surface area contributed by atoms with Gasteiger partial charge in [0.05, 0.1) is 18.4 Å². The second-order valence-corrected chi connectivity index (χ2v) is 7.30. The molecule has 3 aromatic carbocycles. The minimum absolute atomic E-state index is 0.163. The van der Waals surface area contributed by atoms with Gasteiger partial charge in [-0.15, -0.1) is 0 Å². The zero-order chi connectivity index (χ0) is 23.4. The second kappa shape index (κ2) is 9.27. The summed E-state index contributed by atoms with van der Waals surface area (Å²) in [6, 6.07) is 23.6. The molecule has 0 aliphatic heterocycles. The molecule has 2 amide bonds. The summed E-state index contributed by atoms with van der Waals surface area (Å²) in [6.07, 6.45) is 0. The maximum atomic E-state index is 12.5. The Morgan fingerprint density at radius 3 is 2.30 bits per heavy atom. The summed E-state index contributed by atoms with van der Waals surface area (Å²) in [5.41, 5.74) is 15.1. The first kappa shape index (κ1) is 21.6. The van der Waals surface area contributed by atoms with Gasteiger partial charge in [0.2, 0.25) is 0 Å².